The van der Waals surface area contributed by atoms with Gasteiger partial charge in [0.2, 0.25) is 0 Å². The van der Waals surface area contributed by atoms with Crippen molar-refractivity contribution in [1.82, 2.24) is 15.3 Å². The first-order valence-corrected chi connectivity index (χ1v) is 8.17. The highest BCUT2D eigenvalue weighted by Crippen LogP contribution is 2.24. The summed E-state index contributed by atoms with van der Waals surface area (Å²) < 4.78 is 0.924. The molecule has 0 aliphatic heterocycles. The predicted molar refractivity (Wildman–Crippen MR) is 86.9 cm³/mol. The number of nitrogens with zero attached hydrogens (tertiary/aromatic N) is 2. The summed E-state index contributed by atoms with van der Waals surface area (Å²) in [6, 6.07) is 5.42. The van der Waals surface area contributed by atoms with E-state index in [0.29, 0.717) is 17.2 Å². The van der Waals surface area contributed by atoms with Crippen molar-refractivity contribution in [3.63, 3.8) is 0 Å². The van der Waals surface area contributed by atoms with E-state index in [4.69, 9.17) is 5.73 Å². The van der Waals surface area contributed by atoms with Crippen LogP contribution in [0, 0.1) is 0 Å². The van der Waals surface area contributed by atoms with Gasteiger partial charge in [-0.3, -0.25) is 4.79 Å². The first-order valence-electron chi connectivity index (χ1n) is 6.47. The Morgan fingerprint density at radius 2 is 2.33 bits per heavy atom. The smallest absolute Gasteiger partial charge is 0.251 e. The third-order valence-corrected chi connectivity index (χ3v) is 4.96. The number of aromatic nitrogens is 2. The zero-order chi connectivity index (χ0) is 14.8. The van der Waals surface area contributed by atoms with Gasteiger partial charge in [0.05, 0.1) is 15.2 Å². The first-order chi connectivity index (χ1) is 10.1. The summed E-state index contributed by atoms with van der Waals surface area (Å²) in [5.74, 6) is 0.115. The monoisotopic (exact) mass is 318 g/mol. The van der Waals surface area contributed by atoms with E-state index in [-0.39, 0.29) is 11.8 Å². The Morgan fingerprint density at radius 1 is 1.48 bits per heavy atom. The second kappa shape index (κ2) is 5.79. The summed E-state index contributed by atoms with van der Waals surface area (Å²) in [6.45, 7) is 2.61. The van der Waals surface area contributed by atoms with Gasteiger partial charge in [0.25, 0.3) is 5.91 Å². The molecular weight excluding hydrogens is 304 g/mol. The molecule has 2 aromatic heterocycles. The number of carbonyl (C=O) groups excluding carboxylic acids is 1. The van der Waals surface area contributed by atoms with Crippen molar-refractivity contribution in [2.45, 2.75) is 12.8 Å². The van der Waals surface area contributed by atoms with Crippen LogP contribution in [-0.4, -0.2) is 22.4 Å². The van der Waals surface area contributed by atoms with E-state index < -0.39 is 0 Å². The molecule has 0 radical (unpaired) electrons. The Kier molecular flexibility index (Phi) is 3.85. The average Bonchev–Trinajstić information content (AvgIpc) is 3.11. The highest BCUT2D eigenvalue weighted by molar-refractivity contribution is 7.22. The van der Waals surface area contributed by atoms with Crippen molar-refractivity contribution in [2.75, 3.05) is 12.3 Å². The number of fused-ring (bicyclic) bond motifs is 1. The highest BCUT2D eigenvalue weighted by atomic mass is 32.1. The Morgan fingerprint density at radius 3 is 3.10 bits per heavy atom. The zero-order valence-electron chi connectivity index (χ0n) is 11.4. The molecule has 2 heterocycles. The van der Waals surface area contributed by atoms with Gasteiger partial charge in [-0.25, -0.2) is 9.97 Å². The van der Waals surface area contributed by atoms with Crippen LogP contribution in [0.5, 0.6) is 0 Å². The minimum absolute atomic E-state index is 0.0905. The number of thiazole rings is 2. The van der Waals surface area contributed by atoms with Crippen LogP contribution in [-0.2, 0) is 0 Å². The molecule has 0 bridgehead atoms. The lowest BCUT2D eigenvalue weighted by Gasteiger charge is -2.10. The number of amides is 1. The normalized spacial score (nSPS) is 12.4. The molecule has 5 nitrogen and oxygen atoms in total. The first kappa shape index (κ1) is 14.0. The van der Waals surface area contributed by atoms with Gasteiger partial charge in [-0.05, 0) is 18.2 Å². The van der Waals surface area contributed by atoms with Crippen molar-refractivity contribution in [2.24, 2.45) is 0 Å². The lowest BCUT2D eigenvalue weighted by molar-refractivity contribution is 0.0952. The minimum atomic E-state index is -0.0905. The van der Waals surface area contributed by atoms with Crippen molar-refractivity contribution >= 4 is 43.9 Å². The Hall–Kier alpha value is -1.99. The topological polar surface area (TPSA) is 80.9 Å². The van der Waals surface area contributed by atoms with E-state index in [1.54, 1.807) is 23.6 Å². The van der Waals surface area contributed by atoms with Gasteiger partial charge in [-0.15, -0.1) is 11.3 Å². The molecule has 3 rings (SSSR count). The van der Waals surface area contributed by atoms with Crippen LogP contribution in [0.3, 0.4) is 0 Å². The molecule has 108 valence electrons. The van der Waals surface area contributed by atoms with E-state index in [1.165, 1.54) is 11.3 Å². The second-order valence-corrected chi connectivity index (χ2v) is 6.70. The number of hydrogen-bond acceptors (Lipinski definition) is 6. The van der Waals surface area contributed by atoms with E-state index >= 15 is 0 Å². The summed E-state index contributed by atoms with van der Waals surface area (Å²) in [5.41, 5.74) is 7.12. The largest absolute Gasteiger partial charge is 0.375 e. The fraction of sp³-hybridized carbons (Fsp3) is 0.214. The maximum absolute atomic E-state index is 12.2. The molecular formula is C14H14N4OS2. The van der Waals surface area contributed by atoms with Gasteiger partial charge >= 0.3 is 0 Å². The van der Waals surface area contributed by atoms with E-state index in [2.05, 4.69) is 15.3 Å². The van der Waals surface area contributed by atoms with Gasteiger partial charge in [0, 0.05) is 29.6 Å². The van der Waals surface area contributed by atoms with Crippen molar-refractivity contribution < 1.29 is 4.79 Å². The molecule has 0 saturated carbocycles. The van der Waals surface area contributed by atoms with Crippen LogP contribution in [0.25, 0.3) is 10.2 Å². The lowest BCUT2D eigenvalue weighted by atomic mass is 10.1. The average molecular weight is 318 g/mol. The quantitative estimate of drug-likeness (QED) is 0.775. The summed E-state index contributed by atoms with van der Waals surface area (Å²) in [7, 11) is 0. The molecule has 0 saturated heterocycles. The van der Waals surface area contributed by atoms with Crippen LogP contribution < -0.4 is 11.1 Å². The minimum Gasteiger partial charge on any atom is -0.375 e. The van der Waals surface area contributed by atoms with Gasteiger partial charge in [0.1, 0.15) is 0 Å². The van der Waals surface area contributed by atoms with E-state index in [1.807, 2.05) is 24.4 Å². The molecule has 0 aliphatic rings. The Balaban J connectivity index is 1.69. The molecule has 1 aromatic carbocycles. The Labute approximate surface area is 129 Å². The predicted octanol–water partition coefficient (Wildman–Crippen LogP) is 2.87. The van der Waals surface area contributed by atoms with Gasteiger partial charge in [-0.2, -0.15) is 0 Å². The maximum Gasteiger partial charge on any atom is 0.251 e. The van der Waals surface area contributed by atoms with Crippen LogP contribution in [0.15, 0.2) is 29.8 Å². The SMILES string of the molecule is CC(CNC(=O)c1ccc2nc(N)sc2c1)c1nccs1. The number of anilines is 1. The number of nitrogens with one attached hydrogen (secondary N) is 1. The number of rotatable bonds is 4. The standard InChI is InChI=1S/C14H14N4OS2/c1-8(13-16-4-5-20-13)7-17-12(19)9-2-3-10-11(6-9)21-14(15)18-10/h2-6,8H,7H2,1H3,(H2,15,18)(H,17,19). The molecule has 1 atom stereocenters. The van der Waals surface area contributed by atoms with Gasteiger partial charge in [-0.1, -0.05) is 18.3 Å². The molecule has 1 amide bonds. The van der Waals surface area contributed by atoms with E-state index in [9.17, 15) is 4.79 Å². The van der Waals surface area contributed by atoms with E-state index in [0.717, 1.165) is 15.2 Å². The summed E-state index contributed by atoms with van der Waals surface area (Å²) >= 11 is 2.98. The summed E-state index contributed by atoms with van der Waals surface area (Å²) in [6.07, 6.45) is 1.78. The molecule has 7 heteroatoms. The van der Waals surface area contributed by atoms with Crippen LogP contribution in [0.1, 0.15) is 28.2 Å². The van der Waals surface area contributed by atoms with Crippen molar-refractivity contribution in [1.29, 1.82) is 0 Å². The summed E-state index contributed by atoms with van der Waals surface area (Å²) in [5, 5.41) is 6.42. The lowest BCUT2D eigenvalue weighted by Crippen LogP contribution is -2.27. The number of nitrogen functional groups attached to an aromatic ring is 1. The molecule has 3 aromatic rings. The maximum atomic E-state index is 12.2. The number of nitrogens with two attached hydrogens (primary N) is 1. The number of carbonyl (C=O) groups is 1. The molecule has 0 fully saturated rings. The van der Waals surface area contributed by atoms with Gasteiger partial charge < -0.3 is 11.1 Å². The second-order valence-electron chi connectivity index (χ2n) is 4.72. The number of benzene rings is 1. The summed E-state index contributed by atoms with van der Waals surface area (Å²) in [4.78, 5) is 20.6. The molecule has 1 unspecified atom stereocenters. The Bertz CT molecular complexity index is 766. The molecule has 3 N–H and O–H groups in total. The van der Waals surface area contributed by atoms with Crippen molar-refractivity contribution in [3.8, 4) is 0 Å². The molecule has 0 spiro atoms. The molecule has 21 heavy (non-hydrogen) atoms. The zero-order valence-corrected chi connectivity index (χ0v) is 13.0. The third kappa shape index (κ3) is 3.03. The van der Waals surface area contributed by atoms with Crippen LogP contribution in [0.4, 0.5) is 5.13 Å². The third-order valence-electron chi connectivity index (χ3n) is 3.11. The fourth-order valence-corrected chi connectivity index (χ4v) is 3.47. The van der Waals surface area contributed by atoms with Crippen LogP contribution in [0.2, 0.25) is 0 Å². The fourth-order valence-electron chi connectivity index (χ4n) is 2.00. The van der Waals surface area contributed by atoms with Gasteiger partial charge in [0.15, 0.2) is 5.13 Å². The van der Waals surface area contributed by atoms with Crippen LogP contribution >= 0.6 is 22.7 Å². The molecule has 0 aliphatic carbocycles. The number of hydrogen-bond donors (Lipinski definition) is 2. The highest BCUT2D eigenvalue weighted by Gasteiger charge is 2.12. The van der Waals surface area contributed by atoms with Crippen molar-refractivity contribution in [3.05, 3.63) is 40.3 Å².